The fourth-order valence-corrected chi connectivity index (χ4v) is 4.62. The predicted octanol–water partition coefficient (Wildman–Crippen LogP) is -3.77. The van der Waals surface area contributed by atoms with E-state index in [1.807, 2.05) is 12.1 Å². The van der Waals surface area contributed by atoms with Gasteiger partial charge < -0.3 is 49.2 Å². The first-order valence-corrected chi connectivity index (χ1v) is 14.2. The van der Waals surface area contributed by atoms with Crippen molar-refractivity contribution in [3.05, 3.63) is 36.0 Å². The van der Waals surface area contributed by atoms with E-state index in [2.05, 4.69) is 38.0 Å². The Morgan fingerprint density at radius 2 is 1.48 bits per heavy atom. The number of rotatable bonds is 11. The molecule has 1 saturated heterocycles. The Labute approximate surface area is 304 Å². The van der Waals surface area contributed by atoms with Crippen LogP contribution in [0.25, 0.3) is 10.9 Å². The predicted molar refractivity (Wildman–Crippen MR) is 152 cm³/mol. The number of carboxylic acid groups (broad SMARTS) is 2. The largest absolute Gasteiger partial charge is 1.00 e. The van der Waals surface area contributed by atoms with E-state index in [1.165, 1.54) is 20.0 Å². The Bertz CT molecular complexity index is 1170. The van der Waals surface area contributed by atoms with Crippen LogP contribution in [0, 0.1) is 17.8 Å². The van der Waals surface area contributed by atoms with Crippen LogP contribution < -0.4 is 74.6 Å². The molecule has 0 saturated carbocycles. The minimum Gasteiger partial charge on any atom is -0.550 e. The van der Waals surface area contributed by atoms with Gasteiger partial charge in [0, 0.05) is 60.9 Å². The van der Waals surface area contributed by atoms with Crippen molar-refractivity contribution >= 4 is 40.3 Å². The molecule has 11 nitrogen and oxygen atoms in total. The van der Waals surface area contributed by atoms with Gasteiger partial charge in [0.2, 0.25) is 5.91 Å². The normalized spacial score (nSPS) is 21.0. The minimum absolute atomic E-state index is 0. The van der Waals surface area contributed by atoms with Gasteiger partial charge in [-0.1, -0.05) is 45.9 Å². The number of aliphatic carboxylic acids is 2. The van der Waals surface area contributed by atoms with Crippen LogP contribution in [0.1, 0.15) is 85.3 Å². The van der Waals surface area contributed by atoms with Gasteiger partial charge in [0.1, 0.15) is 11.6 Å². The molecule has 6 unspecified atom stereocenters. The maximum Gasteiger partial charge on any atom is 1.00 e. The molecule has 2 aromatic rings. The number of ketones is 2. The van der Waals surface area contributed by atoms with Crippen LogP contribution in [0.3, 0.4) is 0 Å². The minimum atomic E-state index is -1.39. The molecular weight excluding hydrogens is 590 g/mol. The summed E-state index contributed by atoms with van der Waals surface area (Å²) in [5.74, 6) is -1.46. The summed E-state index contributed by atoms with van der Waals surface area (Å²) < 4.78 is 11.2. The number of hydrogen-bond donors (Lipinski definition) is 2. The molecule has 1 amide bonds. The van der Waals surface area contributed by atoms with Crippen LogP contribution in [0.5, 0.6) is 0 Å². The number of benzene rings is 1. The number of aromatic amines is 1. The maximum atomic E-state index is 11.7. The van der Waals surface area contributed by atoms with Gasteiger partial charge in [0.25, 0.3) is 0 Å². The van der Waals surface area contributed by atoms with Crippen molar-refractivity contribution in [3.63, 3.8) is 0 Å². The van der Waals surface area contributed by atoms with Gasteiger partial charge in [-0.2, -0.15) is 0 Å². The fraction of sp³-hybridized carbons (Fsp3) is 0.581. The summed E-state index contributed by atoms with van der Waals surface area (Å²) in [6.45, 7) is 11.7. The summed E-state index contributed by atoms with van der Waals surface area (Å²) in [4.78, 5) is 56.5. The molecule has 0 radical (unpaired) electrons. The van der Waals surface area contributed by atoms with Crippen LogP contribution in [-0.2, 0) is 33.4 Å². The molecule has 2 heterocycles. The number of para-hydroxylation sites is 1. The summed E-state index contributed by atoms with van der Waals surface area (Å²) in [5.41, 5.74) is 1.21. The second kappa shape index (κ2) is 22.9. The molecular formula is C31H44N2Na2O9. The van der Waals surface area contributed by atoms with E-state index < -0.39 is 23.9 Å². The Morgan fingerprint density at radius 1 is 0.909 bits per heavy atom. The molecule has 2 N–H and O–H groups in total. The fourth-order valence-electron chi connectivity index (χ4n) is 4.62. The molecule has 13 heteroatoms. The van der Waals surface area contributed by atoms with Gasteiger partial charge in [0.15, 0.2) is 6.29 Å². The second-order valence-corrected chi connectivity index (χ2v) is 10.6. The van der Waals surface area contributed by atoms with E-state index in [-0.39, 0.29) is 103 Å². The molecule has 0 aliphatic carbocycles. The third-order valence-electron chi connectivity index (χ3n) is 7.48. The van der Waals surface area contributed by atoms with Crippen LogP contribution >= 0.6 is 0 Å². The van der Waals surface area contributed by atoms with E-state index >= 15 is 0 Å². The number of ether oxygens (including phenoxy) is 2. The van der Waals surface area contributed by atoms with Crippen molar-refractivity contribution in [2.45, 2.75) is 92.1 Å². The zero-order chi connectivity index (χ0) is 32.0. The van der Waals surface area contributed by atoms with Crippen molar-refractivity contribution in [1.82, 2.24) is 10.3 Å². The number of Topliss-reactive ketones (excluding diaryl/α,β-unsaturated/α-hetero) is 2. The van der Waals surface area contributed by atoms with E-state index in [0.29, 0.717) is 34.8 Å². The number of methoxy groups -OCH3 is 1. The van der Waals surface area contributed by atoms with E-state index in [0.717, 1.165) is 11.9 Å². The number of carbonyl (C=O) groups is 5. The van der Waals surface area contributed by atoms with Gasteiger partial charge in [0.05, 0.1) is 18.1 Å². The number of hydrogen-bond acceptors (Lipinski definition) is 9. The molecule has 1 fully saturated rings. The van der Waals surface area contributed by atoms with E-state index in [4.69, 9.17) is 9.47 Å². The van der Waals surface area contributed by atoms with Crippen molar-refractivity contribution < 1.29 is 103 Å². The standard InChI is InChI=1S/C15H16N2O4.C11H22O2.C5H8O3.2Na/c1-9(18)6-7-13(19)17-14(15(20)21)11-8-16-12-5-3-2-4-10(11)12;1-6-10-8(3)7(2)9(4)11(12-5)13-10;1-4(6)2-3-5(7)8;;/h2-5,8,14,16H,6-7H2,1H3,(H,17,19)(H,20,21);7-11H,6H2,1-5H3;2-3H2,1H3,(H,7,8);;/q;;;2*+1/p-2. The molecule has 44 heavy (non-hydrogen) atoms. The van der Waals surface area contributed by atoms with Crippen LogP contribution in [0.2, 0.25) is 0 Å². The molecule has 234 valence electrons. The number of H-pyrrole nitrogens is 1. The SMILES string of the molecule is CC(=O)CCC(=O)NC(C(=O)[O-])c1c[nH]c2ccccc12.CC(=O)CCC(=O)[O-].CCC1OC(OC)C(C)C(C)C1C.[Na+].[Na+]. The number of fused-ring (bicyclic) bond motifs is 1. The average Bonchev–Trinajstić information content (AvgIpc) is 3.37. The van der Waals surface area contributed by atoms with Crippen molar-refractivity contribution in [1.29, 1.82) is 0 Å². The second-order valence-electron chi connectivity index (χ2n) is 10.6. The van der Waals surface area contributed by atoms with Gasteiger partial charge >= 0.3 is 59.1 Å². The van der Waals surface area contributed by atoms with E-state index in [1.54, 1.807) is 19.2 Å². The first-order chi connectivity index (χ1) is 19.7. The summed E-state index contributed by atoms with van der Waals surface area (Å²) in [6.07, 6.45) is 2.96. The Hall–Kier alpha value is -1.57. The summed E-state index contributed by atoms with van der Waals surface area (Å²) in [6, 6.07) is 5.92. The number of amides is 1. The van der Waals surface area contributed by atoms with Gasteiger partial charge in [-0.05, 0) is 44.6 Å². The third-order valence-corrected chi connectivity index (χ3v) is 7.48. The Kier molecular flexibility index (Phi) is 23.1. The maximum absolute atomic E-state index is 11.7. The van der Waals surface area contributed by atoms with Gasteiger partial charge in [-0.25, -0.2) is 0 Å². The number of aromatic nitrogens is 1. The molecule has 3 rings (SSSR count). The Morgan fingerprint density at radius 3 is 1.95 bits per heavy atom. The summed E-state index contributed by atoms with van der Waals surface area (Å²) in [7, 11) is 1.73. The monoisotopic (exact) mass is 634 g/mol. The van der Waals surface area contributed by atoms with Gasteiger partial charge in [-0.15, -0.1) is 0 Å². The van der Waals surface area contributed by atoms with Crippen LogP contribution in [-0.4, -0.2) is 53.9 Å². The first kappa shape index (κ1) is 44.6. The first-order valence-electron chi connectivity index (χ1n) is 14.2. The van der Waals surface area contributed by atoms with E-state index in [9.17, 15) is 34.2 Å². The quantitative estimate of drug-likeness (QED) is 0.235. The Balaban J connectivity index is 0. The van der Waals surface area contributed by atoms with Gasteiger partial charge in [-0.3, -0.25) is 4.79 Å². The number of carboxylic acids is 2. The summed E-state index contributed by atoms with van der Waals surface area (Å²) >= 11 is 0. The molecule has 1 aliphatic rings. The molecule has 0 bridgehead atoms. The van der Waals surface area contributed by atoms with Crippen molar-refractivity contribution in [2.75, 3.05) is 7.11 Å². The molecule has 1 aliphatic heterocycles. The average molecular weight is 635 g/mol. The molecule has 0 spiro atoms. The molecule has 1 aromatic heterocycles. The van der Waals surface area contributed by atoms with Crippen LogP contribution in [0.15, 0.2) is 30.5 Å². The smallest absolute Gasteiger partial charge is 0.550 e. The molecule has 6 atom stereocenters. The zero-order valence-electron chi connectivity index (χ0n) is 27.6. The van der Waals surface area contributed by atoms with Crippen molar-refractivity contribution in [3.8, 4) is 0 Å². The molecule has 1 aromatic carbocycles. The zero-order valence-corrected chi connectivity index (χ0v) is 31.6. The number of nitrogens with one attached hydrogen (secondary N) is 2. The topological polar surface area (TPSA) is 178 Å². The van der Waals surface area contributed by atoms with Crippen molar-refractivity contribution in [2.24, 2.45) is 17.8 Å². The number of carbonyl (C=O) groups excluding carboxylic acids is 5. The summed E-state index contributed by atoms with van der Waals surface area (Å²) in [5, 5.41) is 24.0. The van der Waals surface area contributed by atoms with Crippen LogP contribution in [0.4, 0.5) is 0 Å². The third kappa shape index (κ3) is 15.1.